The fourth-order valence-electron chi connectivity index (χ4n) is 1.20. The molecule has 0 aromatic heterocycles. The first-order chi connectivity index (χ1) is 6.52. The first-order valence-corrected chi connectivity index (χ1v) is 6.88. The van der Waals surface area contributed by atoms with Crippen molar-refractivity contribution in [3.63, 3.8) is 0 Å². The maximum atomic E-state index is 11.1. The Morgan fingerprint density at radius 3 is 2.21 bits per heavy atom. The van der Waals surface area contributed by atoms with Gasteiger partial charge in [-0.15, -0.1) is 0 Å². The molecule has 0 spiro atoms. The highest BCUT2D eigenvalue weighted by Gasteiger charge is 2.19. The van der Waals surface area contributed by atoms with Gasteiger partial charge >= 0.3 is 7.60 Å². The largest absolute Gasteiger partial charge is 0.351 e. The van der Waals surface area contributed by atoms with Gasteiger partial charge in [0.1, 0.15) is 0 Å². The molecule has 2 N–H and O–H groups in total. The van der Waals surface area contributed by atoms with Crippen molar-refractivity contribution in [1.29, 1.82) is 0 Å². The third-order valence-corrected chi connectivity index (χ3v) is 3.25. The number of hydrogen-bond acceptors (Lipinski definition) is 1. The fraction of sp³-hybridized carbons (Fsp3) is 0.800. The van der Waals surface area contributed by atoms with Crippen LogP contribution in [0.4, 0.5) is 0 Å². The van der Waals surface area contributed by atoms with Crippen molar-refractivity contribution < 1.29 is 14.4 Å². The lowest BCUT2D eigenvalue weighted by atomic mass is 10.2. The average molecular weight is 220 g/mol. The Morgan fingerprint density at radius 2 is 1.79 bits per heavy atom. The van der Waals surface area contributed by atoms with Gasteiger partial charge in [0.2, 0.25) is 0 Å². The molecule has 0 heterocycles. The second kappa shape index (κ2) is 7.22. The summed E-state index contributed by atoms with van der Waals surface area (Å²) >= 11 is 0. The molecule has 0 aromatic carbocycles. The van der Waals surface area contributed by atoms with Crippen molar-refractivity contribution in [2.24, 2.45) is 0 Å². The molecule has 0 saturated heterocycles. The van der Waals surface area contributed by atoms with E-state index < -0.39 is 7.60 Å². The molecule has 0 aromatic rings. The van der Waals surface area contributed by atoms with E-state index in [1.54, 1.807) is 6.08 Å². The van der Waals surface area contributed by atoms with E-state index in [1.165, 1.54) is 0 Å². The summed E-state index contributed by atoms with van der Waals surface area (Å²) in [6.45, 7) is 4.08. The summed E-state index contributed by atoms with van der Waals surface area (Å²) in [5.41, 5.74) is 0. The number of rotatable bonds is 7. The van der Waals surface area contributed by atoms with Gasteiger partial charge in [-0.2, -0.15) is 0 Å². The van der Waals surface area contributed by atoms with Gasteiger partial charge in [0.15, 0.2) is 0 Å². The first-order valence-electron chi connectivity index (χ1n) is 5.27. The van der Waals surface area contributed by atoms with Crippen LogP contribution in [0.1, 0.15) is 52.4 Å². The predicted octanol–water partition coefficient (Wildman–Crippen LogP) is 3.43. The Balaban J connectivity index is 4.24. The molecular weight excluding hydrogens is 199 g/mol. The first kappa shape index (κ1) is 13.9. The minimum absolute atomic E-state index is 0.327. The van der Waals surface area contributed by atoms with E-state index in [0.29, 0.717) is 11.7 Å². The highest BCUT2D eigenvalue weighted by atomic mass is 31.2. The quantitative estimate of drug-likeness (QED) is 0.510. The molecule has 0 aliphatic heterocycles. The number of unbranched alkanes of at least 4 members (excludes halogenated alkanes) is 3. The summed E-state index contributed by atoms with van der Waals surface area (Å²) in [5.74, 6) is 0. The zero-order chi connectivity index (χ0) is 11.0. The van der Waals surface area contributed by atoms with Gasteiger partial charge in [-0.3, -0.25) is 4.57 Å². The van der Waals surface area contributed by atoms with Crippen LogP contribution in [0.5, 0.6) is 0 Å². The van der Waals surface area contributed by atoms with E-state index >= 15 is 0 Å². The van der Waals surface area contributed by atoms with Gasteiger partial charge in [-0.1, -0.05) is 39.2 Å². The summed E-state index contributed by atoms with van der Waals surface area (Å²) in [6, 6.07) is 0. The lowest BCUT2D eigenvalue weighted by molar-refractivity contribution is 0.379. The van der Waals surface area contributed by atoms with Crippen LogP contribution in [0.15, 0.2) is 11.4 Å². The van der Waals surface area contributed by atoms with Crippen molar-refractivity contribution in [1.82, 2.24) is 0 Å². The highest BCUT2D eigenvalue weighted by Crippen LogP contribution is 2.47. The van der Waals surface area contributed by atoms with Crippen LogP contribution in [0, 0.1) is 0 Å². The van der Waals surface area contributed by atoms with Crippen LogP contribution in [-0.2, 0) is 4.57 Å². The van der Waals surface area contributed by atoms with Crippen molar-refractivity contribution in [3.8, 4) is 0 Å². The Kier molecular flexibility index (Phi) is 7.16. The number of hydrogen-bond donors (Lipinski definition) is 2. The molecule has 0 amide bonds. The maximum absolute atomic E-state index is 11.1. The van der Waals surface area contributed by atoms with Crippen LogP contribution >= 0.6 is 7.60 Å². The molecule has 0 aliphatic carbocycles. The molecule has 0 atom stereocenters. The van der Waals surface area contributed by atoms with Crippen LogP contribution in [0.25, 0.3) is 0 Å². The topological polar surface area (TPSA) is 57.5 Å². The average Bonchev–Trinajstić information content (AvgIpc) is 2.09. The highest BCUT2D eigenvalue weighted by molar-refractivity contribution is 7.56. The second-order valence-electron chi connectivity index (χ2n) is 3.49. The summed E-state index contributed by atoms with van der Waals surface area (Å²) in [7, 11) is -3.98. The normalized spacial score (nSPS) is 13.3. The molecule has 0 radical (unpaired) electrons. The van der Waals surface area contributed by atoms with E-state index in [1.807, 2.05) is 6.92 Å². The van der Waals surface area contributed by atoms with Crippen molar-refractivity contribution in [2.75, 3.05) is 0 Å². The molecule has 0 fully saturated rings. The minimum Gasteiger partial charge on any atom is -0.321 e. The van der Waals surface area contributed by atoms with Crippen molar-refractivity contribution in [2.45, 2.75) is 52.4 Å². The SMILES string of the molecule is CCCCC=C(CCCC)P(=O)(O)O. The Bertz CT molecular complexity index is 217. The Morgan fingerprint density at radius 1 is 1.21 bits per heavy atom. The van der Waals surface area contributed by atoms with E-state index in [0.717, 1.165) is 32.1 Å². The van der Waals surface area contributed by atoms with Crippen LogP contribution in [0.3, 0.4) is 0 Å². The summed E-state index contributed by atoms with van der Waals surface area (Å²) in [5, 5.41) is 0.327. The Hall–Kier alpha value is -0.110. The van der Waals surface area contributed by atoms with Crippen LogP contribution in [-0.4, -0.2) is 9.79 Å². The minimum atomic E-state index is -3.98. The zero-order valence-corrected chi connectivity index (χ0v) is 9.96. The van der Waals surface area contributed by atoms with Gasteiger partial charge in [-0.25, -0.2) is 0 Å². The molecule has 0 aliphatic rings. The monoisotopic (exact) mass is 220 g/mol. The third kappa shape index (κ3) is 6.36. The summed E-state index contributed by atoms with van der Waals surface area (Å²) < 4.78 is 11.1. The van der Waals surface area contributed by atoms with Gasteiger partial charge in [0.25, 0.3) is 0 Å². The second-order valence-corrected chi connectivity index (χ2v) is 5.15. The molecule has 3 nitrogen and oxygen atoms in total. The van der Waals surface area contributed by atoms with E-state index in [9.17, 15) is 4.57 Å². The third-order valence-electron chi connectivity index (χ3n) is 2.10. The Labute approximate surface area is 86.4 Å². The van der Waals surface area contributed by atoms with Crippen LogP contribution < -0.4 is 0 Å². The van der Waals surface area contributed by atoms with E-state index in [4.69, 9.17) is 9.79 Å². The molecule has 0 saturated carbocycles. The van der Waals surface area contributed by atoms with Gasteiger partial charge in [0.05, 0.1) is 0 Å². The molecule has 0 rings (SSSR count). The standard InChI is InChI=1S/C10H21O3P/c1-3-5-7-9-10(8-6-4-2)14(11,12)13/h9H,3-8H2,1-2H3,(H2,11,12,13). The molecular formula is C10H21O3P. The van der Waals surface area contributed by atoms with E-state index in [2.05, 4.69) is 6.92 Å². The maximum Gasteiger partial charge on any atom is 0.351 e. The lowest BCUT2D eigenvalue weighted by Crippen LogP contribution is -1.87. The molecule has 0 unspecified atom stereocenters. The zero-order valence-electron chi connectivity index (χ0n) is 9.07. The molecule has 4 heteroatoms. The van der Waals surface area contributed by atoms with Crippen molar-refractivity contribution in [3.05, 3.63) is 11.4 Å². The fourth-order valence-corrected chi connectivity index (χ4v) is 2.01. The van der Waals surface area contributed by atoms with Crippen LogP contribution in [0.2, 0.25) is 0 Å². The smallest absolute Gasteiger partial charge is 0.321 e. The molecule has 84 valence electrons. The molecule has 14 heavy (non-hydrogen) atoms. The van der Waals surface area contributed by atoms with E-state index in [-0.39, 0.29) is 0 Å². The van der Waals surface area contributed by atoms with Crippen molar-refractivity contribution >= 4 is 7.60 Å². The van der Waals surface area contributed by atoms with Gasteiger partial charge in [-0.05, 0) is 19.3 Å². The summed E-state index contributed by atoms with van der Waals surface area (Å²) in [4.78, 5) is 18.1. The van der Waals surface area contributed by atoms with Gasteiger partial charge < -0.3 is 9.79 Å². The number of allylic oxidation sites excluding steroid dienone is 2. The summed E-state index contributed by atoms with van der Waals surface area (Å²) in [6.07, 6.45) is 6.90. The van der Waals surface area contributed by atoms with Gasteiger partial charge in [0, 0.05) is 5.31 Å². The predicted molar refractivity (Wildman–Crippen MR) is 59.2 cm³/mol. The molecule has 0 bridgehead atoms. The lowest BCUT2D eigenvalue weighted by Gasteiger charge is -2.08.